The summed E-state index contributed by atoms with van der Waals surface area (Å²) in [4.78, 5) is 25.5. The van der Waals surface area contributed by atoms with Crippen LogP contribution in [0.15, 0.2) is 23.4 Å². The van der Waals surface area contributed by atoms with Crippen LogP contribution in [0.25, 0.3) is 0 Å². The van der Waals surface area contributed by atoms with Gasteiger partial charge in [0.1, 0.15) is 33.8 Å². The van der Waals surface area contributed by atoms with Crippen LogP contribution in [0.5, 0.6) is 5.75 Å². The van der Waals surface area contributed by atoms with Crippen molar-refractivity contribution < 1.29 is 18.7 Å². The number of carbonyl (C=O) groups is 1. The first kappa shape index (κ1) is 26.2. The van der Waals surface area contributed by atoms with E-state index < -0.39 is 11.4 Å². The number of nitrogens with one attached hydrogen (secondary N) is 1. The van der Waals surface area contributed by atoms with Crippen molar-refractivity contribution in [1.29, 1.82) is 0 Å². The van der Waals surface area contributed by atoms with E-state index in [0.717, 1.165) is 0 Å². The summed E-state index contributed by atoms with van der Waals surface area (Å²) >= 11 is 7.96. The van der Waals surface area contributed by atoms with Crippen LogP contribution in [0.4, 0.5) is 20.7 Å². The number of hydrogen-bond acceptors (Lipinski definition) is 8. The Morgan fingerprint density at radius 1 is 1.32 bits per heavy atom. The molecule has 1 saturated heterocycles. The number of thioether (sulfide) groups is 1. The van der Waals surface area contributed by atoms with Crippen LogP contribution in [-0.4, -0.2) is 65.6 Å². The number of rotatable bonds is 6. The highest BCUT2D eigenvalue weighted by atomic mass is 35.5. The van der Waals surface area contributed by atoms with Crippen LogP contribution in [0.2, 0.25) is 5.15 Å². The summed E-state index contributed by atoms with van der Waals surface area (Å²) in [6.07, 6.45) is 1.54. The number of benzene rings is 1. The number of piperazine rings is 1. The molecular weight excluding hydrogens is 481 g/mol. The van der Waals surface area contributed by atoms with E-state index in [2.05, 4.69) is 15.2 Å². The average molecular weight is 512 g/mol. The second-order valence-electron chi connectivity index (χ2n) is 8.94. The number of para-hydroxylation sites is 1. The molecule has 2 heterocycles. The van der Waals surface area contributed by atoms with Gasteiger partial charge in [0.25, 0.3) is 0 Å². The van der Waals surface area contributed by atoms with E-state index in [0.29, 0.717) is 47.1 Å². The first-order chi connectivity index (χ1) is 16.0. The van der Waals surface area contributed by atoms with Gasteiger partial charge in [-0.2, -0.15) is 0 Å². The van der Waals surface area contributed by atoms with E-state index in [1.54, 1.807) is 17.0 Å². The molecular formula is C23H31ClFN5O3S. The topological polar surface area (TPSA) is 79.8 Å². The van der Waals surface area contributed by atoms with E-state index >= 15 is 0 Å². The zero-order valence-electron chi connectivity index (χ0n) is 20.3. The second-order valence-corrected chi connectivity index (χ2v) is 10.1. The minimum atomic E-state index is -0.558. The quantitative estimate of drug-likeness (QED) is 0.327. The summed E-state index contributed by atoms with van der Waals surface area (Å²) in [7, 11) is 1.49. The number of methoxy groups -OCH3 is 1. The molecule has 1 fully saturated rings. The molecule has 0 unspecified atom stereocenters. The Hall–Kier alpha value is -2.46. The lowest BCUT2D eigenvalue weighted by Gasteiger charge is -2.41. The zero-order chi connectivity index (χ0) is 25.0. The van der Waals surface area contributed by atoms with Crippen molar-refractivity contribution in [3.63, 3.8) is 0 Å². The number of nitrogens with zero attached hydrogens (tertiary/aromatic N) is 4. The fourth-order valence-electron chi connectivity index (χ4n) is 3.70. The molecule has 8 nitrogen and oxygen atoms in total. The van der Waals surface area contributed by atoms with Crippen molar-refractivity contribution in [2.24, 2.45) is 0 Å². The van der Waals surface area contributed by atoms with Crippen LogP contribution in [0, 0.1) is 5.82 Å². The molecule has 1 atom stereocenters. The molecule has 34 heavy (non-hydrogen) atoms. The van der Waals surface area contributed by atoms with Crippen LogP contribution in [0.3, 0.4) is 0 Å². The fourth-order valence-corrected chi connectivity index (χ4v) is 4.34. The largest absolute Gasteiger partial charge is 0.494 e. The van der Waals surface area contributed by atoms with Gasteiger partial charge in [0.05, 0.1) is 12.7 Å². The Bertz CT molecular complexity index is 1040. The third-order valence-electron chi connectivity index (χ3n) is 5.29. The van der Waals surface area contributed by atoms with Gasteiger partial charge < -0.3 is 24.6 Å². The Labute approximate surface area is 209 Å². The summed E-state index contributed by atoms with van der Waals surface area (Å²) in [6.45, 7) is 9.24. The molecule has 0 radical (unpaired) electrons. The Balaban J connectivity index is 1.86. The van der Waals surface area contributed by atoms with Crippen LogP contribution in [0.1, 0.15) is 33.3 Å². The molecule has 1 aliphatic heterocycles. The monoisotopic (exact) mass is 511 g/mol. The summed E-state index contributed by atoms with van der Waals surface area (Å²) in [5.74, 6) is 0.611. The van der Waals surface area contributed by atoms with Crippen molar-refractivity contribution in [2.75, 3.05) is 43.2 Å². The van der Waals surface area contributed by atoms with Crippen LogP contribution >= 0.6 is 23.4 Å². The molecule has 0 bridgehead atoms. The fraction of sp³-hybridized carbons (Fsp3) is 0.522. The van der Waals surface area contributed by atoms with Gasteiger partial charge in [-0.3, -0.25) is 0 Å². The van der Waals surface area contributed by atoms with Crippen molar-refractivity contribution in [3.8, 4) is 5.75 Å². The maximum Gasteiger partial charge on any atom is 0.410 e. The van der Waals surface area contributed by atoms with Gasteiger partial charge in [-0.15, -0.1) is 0 Å². The number of halogens is 2. The Morgan fingerprint density at radius 2 is 2.06 bits per heavy atom. The smallest absolute Gasteiger partial charge is 0.410 e. The number of anilines is 2. The molecule has 1 N–H and O–H groups in total. The van der Waals surface area contributed by atoms with Gasteiger partial charge >= 0.3 is 6.09 Å². The van der Waals surface area contributed by atoms with Gasteiger partial charge in [-0.05, 0) is 46.1 Å². The lowest BCUT2D eigenvalue weighted by Crippen LogP contribution is -2.55. The molecule has 2 aromatic rings. The summed E-state index contributed by atoms with van der Waals surface area (Å²) in [5, 5.41) is 3.92. The third-order valence-corrected chi connectivity index (χ3v) is 6.15. The normalized spacial score (nSPS) is 16.4. The second kappa shape index (κ2) is 10.9. The number of aromatic nitrogens is 2. The van der Waals surface area contributed by atoms with Gasteiger partial charge in [0.2, 0.25) is 0 Å². The summed E-state index contributed by atoms with van der Waals surface area (Å²) in [6, 6.07) is 4.57. The molecule has 1 aromatic heterocycles. The van der Waals surface area contributed by atoms with Gasteiger partial charge in [-0.1, -0.05) is 29.4 Å². The molecule has 0 saturated carbocycles. The molecule has 186 valence electrons. The first-order valence-corrected chi connectivity index (χ1v) is 12.6. The lowest BCUT2D eigenvalue weighted by atomic mass is 10.1. The van der Waals surface area contributed by atoms with Crippen molar-refractivity contribution in [1.82, 2.24) is 14.9 Å². The van der Waals surface area contributed by atoms with Crippen molar-refractivity contribution in [2.45, 2.75) is 51.0 Å². The highest BCUT2D eigenvalue weighted by Crippen LogP contribution is 2.33. The third kappa shape index (κ3) is 6.15. The van der Waals surface area contributed by atoms with Crippen LogP contribution in [-0.2, 0) is 11.3 Å². The molecule has 0 aliphatic carbocycles. The van der Waals surface area contributed by atoms with Crippen molar-refractivity contribution in [3.05, 3.63) is 34.7 Å². The highest BCUT2D eigenvalue weighted by Gasteiger charge is 2.32. The summed E-state index contributed by atoms with van der Waals surface area (Å²) in [5.41, 5.74) is 0.323. The average Bonchev–Trinajstić information content (AvgIpc) is 2.77. The highest BCUT2D eigenvalue weighted by molar-refractivity contribution is 7.98. The van der Waals surface area contributed by atoms with E-state index in [-0.39, 0.29) is 24.4 Å². The number of ether oxygens (including phenoxy) is 2. The predicted molar refractivity (Wildman–Crippen MR) is 134 cm³/mol. The molecule has 1 amide bonds. The van der Waals surface area contributed by atoms with Gasteiger partial charge in [0.15, 0.2) is 5.16 Å². The standard InChI is InChI=1S/C23H31ClFN5O3S/c1-14-13-29(22(31)33-23(2,3)4)10-11-30(14)20-15(19(24)27-21(28-20)34-6)12-26-18-16(25)8-7-9-17(18)32-5/h7-9,14,26H,10-13H2,1-6H3/t14-/m0/s1. The zero-order valence-corrected chi connectivity index (χ0v) is 21.9. The molecule has 1 aliphatic rings. The minimum Gasteiger partial charge on any atom is -0.494 e. The molecule has 0 spiro atoms. The SMILES string of the molecule is COc1cccc(F)c1NCc1c(Cl)nc(SC)nc1N1CCN(C(=O)OC(C)(C)C)C[C@@H]1C. The van der Waals surface area contributed by atoms with Crippen molar-refractivity contribution >= 4 is 41.0 Å². The first-order valence-electron chi connectivity index (χ1n) is 11.0. The maximum atomic E-state index is 14.4. The number of hydrogen-bond donors (Lipinski definition) is 1. The van der Waals surface area contributed by atoms with Crippen LogP contribution < -0.4 is 15.0 Å². The summed E-state index contributed by atoms with van der Waals surface area (Å²) < 4.78 is 25.3. The molecule has 11 heteroatoms. The Morgan fingerprint density at radius 3 is 2.68 bits per heavy atom. The van der Waals surface area contributed by atoms with E-state index in [4.69, 9.17) is 26.1 Å². The minimum absolute atomic E-state index is 0.0521. The Kier molecular flexibility index (Phi) is 8.35. The predicted octanol–water partition coefficient (Wildman–Crippen LogP) is 5.06. The van der Waals surface area contributed by atoms with E-state index in [9.17, 15) is 9.18 Å². The number of amides is 1. The molecule has 3 rings (SSSR count). The number of carbonyl (C=O) groups excluding carboxylic acids is 1. The van der Waals surface area contributed by atoms with E-state index in [1.807, 2.05) is 34.0 Å². The van der Waals surface area contributed by atoms with Gasteiger partial charge in [0, 0.05) is 32.2 Å². The lowest BCUT2D eigenvalue weighted by molar-refractivity contribution is 0.0218. The molecule has 1 aromatic carbocycles. The van der Waals surface area contributed by atoms with Gasteiger partial charge in [-0.25, -0.2) is 19.2 Å². The van der Waals surface area contributed by atoms with E-state index in [1.165, 1.54) is 24.9 Å². The maximum absolute atomic E-state index is 14.4.